The number of nitrogens with zero attached hydrogens (tertiary/aromatic N) is 5. The van der Waals surface area contributed by atoms with E-state index in [1.807, 2.05) is 43.5 Å². The van der Waals surface area contributed by atoms with E-state index in [0.717, 1.165) is 40.6 Å². The van der Waals surface area contributed by atoms with E-state index >= 15 is 0 Å². The molecule has 178 valence electrons. The van der Waals surface area contributed by atoms with E-state index in [4.69, 9.17) is 14.2 Å². The van der Waals surface area contributed by atoms with Crippen LogP contribution in [0.4, 0.5) is 0 Å². The molecule has 1 aliphatic rings. The van der Waals surface area contributed by atoms with E-state index in [2.05, 4.69) is 40.6 Å². The molecule has 0 N–H and O–H groups in total. The maximum Gasteiger partial charge on any atom is 0.320 e. The van der Waals surface area contributed by atoms with Crippen molar-refractivity contribution in [3.8, 4) is 28.9 Å². The summed E-state index contributed by atoms with van der Waals surface area (Å²) in [5.74, 6) is 0.756. The summed E-state index contributed by atoms with van der Waals surface area (Å²) in [7, 11) is 0. The molecule has 8 heteroatoms. The molecule has 0 amide bonds. The Bertz CT molecular complexity index is 1440. The Balaban J connectivity index is 1.44. The number of esters is 1. The van der Waals surface area contributed by atoms with Crippen LogP contribution in [-0.2, 0) is 22.5 Å². The second kappa shape index (κ2) is 9.35. The Labute approximate surface area is 203 Å². The molecule has 5 rings (SSSR count). The van der Waals surface area contributed by atoms with Crippen LogP contribution in [0.25, 0.3) is 33.7 Å². The molecule has 2 aromatic carbocycles. The van der Waals surface area contributed by atoms with Gasteiger partial charge in [-0.15, -0.1) is 0 Å². The van der Waals surface area contributed by atoms with Gasteiger partial charge in [0.2, 0.25) is 5.82 Å². The molecule has 0 bridgehead atoms. The highest BCUT2D eigenvalue weighted by atomic mass is 16.5. The summed E-state index contributed by atoms with van der Waals surface area (Å²) in [5, 5.41) is 14.8. The lowest BCUT2D eigenvalue weighted by Gasteiger charge is -2.28. The number of rotatable bonds is 6. The van der Waals surface area contributed by atoms with Crippen LogP contribution in [0.3, 0.4) is 0 Å². The van der Waals surface area contributed by atoms with Gasteiger partial charge in [-0.25, -0.2) is 0 Å². The maximum atomic E-state index is 11.9. The van der Waals surface area contributed by atoms with Crippen LogP contribution in [0, 0.1) is 11.3 Å². The number of nitriles is 1. The molecule has 0 fully saturated rings. The summed E-state index contributed by atoms with van der Waals surface area (Å²) < 4.78 is 12.8. The van der Waals surface area contributed by atoms with E-state index in [9.17, 15) is 10.1 Å². The molecule has 0 unspecified atom stereocenters. The van der Waals surface area contributed by atoms with Crippen molar-refractivity contribution in [2.24, 2.45) is 0 Å². The summed E-state index contributed by atoms with van der Waals surface area (Å²) in [5.41, 5.74) is 5.68. The zero-order valence-corrected chi connectivity index (χ0v) is 20.1. The molecule has 0 spiro atoms. The summed E-state index contributed by atoms with van der Waals surface area (Å²) in [6, 6.07) is 14.5. The molecular weight excluding hydrogens is 442 g/mol. The zero-order valence-electron chi connectivity index (χ0n) is 20.1. The zero-order chi connectivity index (χ0) is 24.5. The average molecular weight is 470 g/mol. The van der Waals surface area contributed by atoms with Crippen LogP contribution in [0.15, 0.2) is 47.1 Å². The lowest BCUT2D eigenvalue weighted by molar-refractivity contribution is -0.144. The van der Waals surface area contributed by atoms with Crippen LogP contribution in [0.2, 0.25) is 0 Å². The normalized spacial score (nSPS) is 13.7. The van der Waals surface area contributed by atoms with Gasteiger partial charge in [-0.1, -0.05) is 23.4 Å². The topological polar surface area (TPSA) is 97.2 Å². The van der Waals surface area contributed by atoms with Gasteiger partial charge >= 0.3 is 5.97 Å². The van der Waals surface area contributed by atoms with Gasteiger partial charge in [-0.3, -0.25) is 9.69 Å². The van der Waals surface area contributed by atoms with Crippen LogP contribution in [-0.4, -0.2) is 45.3 Å². The number of carbonyl (C=O) groups is 1. The highest BCUT2D eigenvalue weighted by Crippen LogP contribution is 2.32. The fourth-order valence-corrected chi connectivity index (χ4v) is 4.76. The third kappa shape index (κ3) is 4.31. The first-order chi connectivity index (χ1) is 17.0. The van der Waals surface area contributed by atoms with Crippen molar-refractivity contribution in [3.63, 3.8) is 0 Å². The fraction of sp³-hybridized carbons (Fsp3) is 0.333. The van der Waals surface area contributed by atoms with Crippen molar-refractivity contribution in [2.45, 2.75) is 39.8 Å². The van der Waals surface area contributed by atoms with Gasteiger partial charge in [0.1, 0.15) is 6.07 Å². The molecule has 0 radical (unpaired) electrons. The Morgan fingerprint density at radius 1 is 1.29 bits per heavy atom. The molecule has 2 aromatic heterocycles. The first-order valence-corrected chi connectivity index (χ1v) is 11.9. The Morgan fingerprint density at radius 3 is 2.91 bits per heavy atom. The minimum Gasteiger partial charge on any atom is -0.465 e. The number of aromatic nitrogens is 3. The number of carbonyl (C=O) groups excluding carboxylic acids is 1. The van der Waals surface area contributed by atoms with Gasteiger partial charge in [-0.05, 0) is 56.5 Å². The highest BCUT2D eigenvalue weighted by molar-refractivity contribution is 5.90. The average Bonchev–Trinajstić information content (AvgIpc) is 3.48. The molecule has 0 saturated carbocycles. The third-order valence-corrected chi connectivity index (χ3v) is 6.43. The second-order valence-electron chi connectivity index (χ2n) is 9.02. The van der Waals surface area contributed by atoms with Crippen molar-refractivity contribution >= 4 is 16.9 Å². The summed E-state index contributed by atoms with van der Waals surface area (Å²) >= 11 is 0. The molecule has 0 atom stereocenters. The summed E-state index contributed by atoms with van der Waals surface area (Å²) in [6.45, 7) is 8.11. The second-order valence-corrected chi connectivity index (χ2v) is 9.02. The van der Waals surface area contributed by atoms with Crippen LogP contribution >= 0.6 is 0 Å². The van der Waals surface area contributed by atoms with Crippen LogP contribution < -0.4 is 0 Å². The lowest BCUT2D eigenvalue weighted by atomic mass is 9.94. The Kier molecular flexibility index (Phi) is 6.10. The minimum atomic E-state index is -0.199. The van der Waals surface area contributed by atoms with Crippen LogP contribution in [0.1, 0.15) is 43.5 Å². The van der Waals surface area contributed by atoms with Gasteiger partial charge in [0, 0.05) is 47.4 Å². The maximum absolute atomic E-state index is 11.9. The minimum absolute atomic E-state index is 0.199. The summed E-state index contributed by atoms with van der Waals surface area (Å²) in [6.07, 6.45) is 2.68. The van der Waals surface area contributed by atoms with Crippen molar-refractivity contribution in [3.05, 3.63) is 59.3 Å². The standard InChI is InChI=1S/C27H27N5O3/c1-4-34-25(33)16-31-11-10-21-19(14-31)6-5-7-22(21)26-29-27(35-30-26)18-8-9-24-23(12-18)20(13-28)15-32(24)17(2)3/h5-9,12,15,17H,4,10-11,14,16H2,1-3H3. The molecular formula is C27H27N5O3. The van der Waals surface area contributed by atoms with E-state index in [-0.39, 0.29) is 18.6 Å². The number of ether oxygens (including phenoxy) is 1. The number of fused-ring (bicyclic) bond motifs is 2. The number of hydrogen-bond donors (Lipinski definition) is 0. The lowest BCUT2D eigenvalue weighted by Crippen LogP contribution is -2.35. The SMILES string of the molecule is CCOC(=O)CN1CCc2c(cccc2-c2noc(-c3ccc4c(c3)c(C#N)cn4C(C)C)n2)C1. The van der Waals surface area contributed by atoms with Crippen molar-refractivity contribution < 1.29 is 14.1 Å². The van der Waals surface area contributed by atoms with E-state index in [1.165, 1.54) is 5.56 Å². The van der Waals surface area contributed by atoms with Gasteiger partial charge < -0.3 is 13.8 Å². The first-order valence-electron chi connectivity index (χ1n) is 11.9. The van der Waals surface area contributed by atoms with Gasteiger partial charge in [0.25, 0.3) is 5.89 Å². The predicted octanol–water partition coefficient (Wildman–Crippen LogP) is 4.73. The monoisotopic (exact) mass is 469 g/mol. The van der Waals surface area contributed by atoms with Crippen molar-refractivity contribution in [1.82, 2.24) is 19.6 Å². The first kappa shape index (κ1) is 22.8. The number of benzene rings is 2. The predicted molar refractivity (Wildman–Crippen MR) is 131 cm³/mol. The van der Waals surface area contributed by atoms with Crippen LogP contribution in [0.5, 0.6) is 0 Å². The van der Waals surface area contributed by atoms with Gasteiger partial charge in [0.05, 0.1) is 18.7 Å². The molecule has 1 aliphatic heterocycles. The third-order valence-electron chi connectivity index (χ3n) is 6.43. The number of hydrogen-bond acceptors (Lipinski definition) is 7. The van der Waals surface area contributed by atoms with Crippen molar-refractivity contribution in [2.75, 3.05) is 19.7 Å². The van der Waals surface area contributed by atoms with E-state index in [1.54, 1.807) is 0 Å². The molecule has 4 aromatic rings. The van der Waals surface area contributed by atoms with E-state index in [0.29, 0.717) is 30.4 Å². The largest absolute Gasteiger partial charge is 0.465 e. The summed E-state index contributed by atoms with van der Waals surface area (Å²) in [4.78, 5) is 18.7. The molecule has 8 nitrogen and oxygen atoms in total. The highest BCUT2D eigenvalue weighted by Gasteiger charge is 2.23. The molecule has 0 saturated heterocycles. The quantitative estimate of drug-likeness (QED) is 0.377. The fourth-order valence-electron chi connectivity index (χ4n) is 4.76. The Hall–Kier alpha value is -3.96. The smallest absolute Gasteiger partial charge is 0.320 e. The Morgan fingerprint density at radius 2 is 2.14 bits per heavy atom. The molecule has 3 heterocycles. The molecule has 0 aliphatic carbocycles. The molecule has 35 heavy (non-hydrogen) atoms. The van der Waals surface area contributed by atoms with E-state index < -0.39 is 0 Å². The van der Waals surface area contributed by atoms with Crippen molar-refractivity contribution in [1.29, 1.82) is 5.26 Å². The van der Waals surface area contributed by atoms with Gasteiger partial charge in [0.15, 0.2) is 0 Å². The van der Waals surface area contributed by atoms with Gasteiger partial charge in [-0.2, -0.15) is 10.2 Å².